The summed E-state index contributed by atoms with van der Waals surface area (Å²) in [4.78, 5) is 4.20. The van der Waals surface area contributed by atoms with Crippen LogP contribution in [0.25, 0.3) is 0 Å². The van der Waals surface area contributed by atoms with E-state index in [0.29, 0.717) is 6.54 Å². The van der Waals surface area contributed by atoms with Crippen LogP contribution in [0.4, 0.5) is 5.82 Å². The second kappa shape index (κ2) is 5.68. The number of nitrogens with one attached hydrogen (secondary N) is 1. The van der Waals surface area contributed by atoms with Crippen LogP contribution in [0.1, 0.15) is 6.92 Å². The molecule has 0 bridgehead atoms. The molecule has 2 N–H and O–H groups in total. The standard InChI is InChI=1S/C9H12Br2N2O/c1-6(5-14)3-12-9-8(11)2-7(10)4-13-9/h2,4,6,14H,3,5H2,1H3,(H,12,13). The van der Waals surface area contributed by atoms with Gasteiger partial charge in [-0.1, -0.05) is 6.92 Å². The fourth-order valence-electron chi connectivity index (χ4n) is 0.880. The molecule has 78 valence electrons. The van der Waals surface area contributed by atoms with Gasteiger partial charge in [-0.2, -0.15) is 0 Å². The predicted octanol–water partition coefficient (Wildman–Crippen LogP) is 2.65. The molecule has 0 aliphatic rings. The van der Waals surface area contributed by atoms with Crippen LogP contribution in [0.2, 0.25) is 0 Å². The summed E-state index contributed by atoms with van der Waals surface area (Å²) >= 11 is 6.73. The zero-order valence-electron chi connectivity index (χ0n) is 7.80. The average molecular weight is 324 g/mol. The Labute approximate surface area is 100 Å². The van der Waals surface area contributed by atoms with Gasteiger partial charge in [0.25, 0.3) is 0 Å². The van der Waals surface area contributed by atoms with Crippen molar-refractivity contribution in [3.05, 3.63) is 21.2 Å². The number of hydrogen-bond acceptors (Lipinski definition) is 3. The van der Waals surface area contributed by atoms with Crippen LogP contribution < -0.4 is 5.32 Å². The van der Waals surface area contributed by atoms with E-state index in [1.807, 2.05) is 13.0 Å². The normalized spacial score (nSPS) is 12.6. The minimum absolute atomic E-state index is 0.182. The van der Waals surface area contributed by atoms with Crippen LogP contribution in [0, 0.1) is 5.92 Å². The molecule has 5 heteroatoms. The lowest BCUT2D eigenvalue weighted by Crippen LogP contribution is -2.15. The molecule has 0 fully saturated rings. The molecule has 0 aromatic carbocycles. The van der Waals surface area contributed by atoms with E-state index in [-0.39, 0.29) is 12.5 Å². The fourth-order valence-corrected chi connectivity index (χ4v) is 2.01. The average Bonchev–Trinajstić information content (AvgIpc) is 2.16. The van der Waals surface area contributed by atoms with Crippen molar-refractivity contribution in [2.45, 2.75) is 6.92 Å². The number of hydrogen-bond donors (Lipinski definition) is 2. The summed E-state index contributed by atoms with van der Waals surface area (Å²) < 4.78 is 1.85. The molecule has 0 radical (unpaired) electrons. The van der Waals surface area contributed by atoms with Gasteiger partial charge in [-0.3, -0.25) is 0 Å². The van der Waals surface area contributed by atoms with Crippen molar-refractivity contribution in [1.29, 1.82) is 0 Å². The van der Waals surface area contributed by atoms with Gasteiger partial charge < -0.3 is 10.4 Å². The highest BCUT2D eigenvalue weighted by molar-refractivity contribution is 9.11. The Kier molecular flexibility index (Phi) is 4.84. The smallest absolute Gasteiger partial charge is 0.140 e. The van der Waals surface area contributed by atoms with Crippen LogP contribution in [0.15, 0.2) is 21.2 Å². The highest BCUT2D eigenvalue weighted by Crippen LogP contribution is 2.23. The van der Waals surface area contributed by atoms with E-state index in [1.54, 1.807) is 6.20 Å². The van der Waals surface area contributed by atoms with Gasteiger partial charge in [-0.05, 0) is 43.8 Å². The Morgan fingerprint density at radius 2 is 2.29 bits per heavy atom. The molecule has 0 saturated heterocycles. The molecule has 1 aromatic rings. The molecule has 14 heavy (non-hydrogen) atoms. The Morgan fingerprint density at radius 3 is 2.86 bits per heavy atom. The zero-order chi connectivity index (χ0) is 10.6. The topological polar surface area (TPSA) is 45.1 Å². The first-order valence-electron chi connectivity index (χ1n) is 4.29. The van der Waals surface area contributed by atoms with Crippen molar-refractivity contribution in [2.24, 2.45) is 5.92 Å². The molecule has 1 aromatic heterocycles. The molecular weight excluding hydrogens is 312 g/mol. The SMILES string of the molecule is CC(CO)CNc1ncc(Br)cc1Br. The maximum atomic E-state index is 8.85. The maximum absolute atomic E-state index is 8.85. The fraction of sp³-hybridized carbons (Fsp3) is 0.444. The summed E-state index contributed by atoms with van der Waals surface area (Å²) in [5.74, 6) is 1.03. The Bertz CT molecular complexity index is 307. The van der Waals surface area contributed by atoms with Gasteiger partial charge in [0.2, 0.25) is 0 Å². The quantitative estimate of drug-likeness (QED) is 0.895. The van der Waals surface area contributed by atoms with Crippen molar-refractivity contribution < 1.29 is 5.11 Å². The zero-order valence-corrected chi connectivity index (χ0v) is 11.0. The summed E-state index contributed by atoms with van der Waals surface area (Å²) in [6.07, 6.45) is 1.73. The highest BCUT2D eigenvalue weighted by atomic mass is 79.9. The number of pyridine rings is 1. The van der Waals surface area contributed by atoms with Gasteiger partial charge >= 0.3 is 0 Å². The van der Waals surface area contributed by atoms with Crippen molar-refractivity contribution in [3.63, 3.8) is 0 Å². The van der Waals surface area contributed by atoms with E-state index in [4.69, 9.17) is 5.11 Å². The van der Waals surface area contributed by atoms with Crippen molar-refractivity contribution in [2.75, 3.05) is 18.5 Å². The summed E-state index contributed by atoms with van der Waals surface area (Å²) in [7, 11) is 0. The number of rotatable bonds is 4. The minimum atomic E-state index is 0.182. The molecule has 1 heterocycles. The van der Waals surface area contributed by atoms with E-state index in [0.717, 1.165) is 14.8 Å². The maximum Gasteiger partial charge on any atom is 0.140 e. The molecule has 0 saturated carbocycles. The van der Waals surface area contributed by atoms with Crippen molar-refractivity contribution >= 4 is 37.7 Å². The number of halogens is 2. The second-order valence-corrected chi connectivity index (χ2v) is 4.92. The number of aromatic nitrogens is 1. The monoisotopic (exact) mass is 322 g/mol. The van der Waals surface area contributed by atoms with Crippen molar-refractivity contribution in [3.8, 4) is 0 Å². The van der Waals surface area contributed by atoms with Crippen LogP contribution in [0.5, 0.6) is 0 Å². The third-order valence-corrected chi connectivity index (χ3v) is 2.78. The number of nitrogens with zero attached hydrogens (tertiary/aromatic N) is 1. The molecule has 1 rings (SSSR count). The van der Waals surface area contributed by atoms with Gasteiger partial charge in [0.1, 0.15) is 5.82 Å². The number of aliphatic hydroxyl groups excluding tert-OH is 1. The van der Waals surface area contributed by atoms with Gasteiger partial charge in [-0.25, -0.2) is 4.98 Å². The van der Waals surface area contributed by atoms with Crippen LogP contribution in [-0.4, -0.2) is 23.2 Å². The summed E-state index contributed by atoms with van der Waals surface area (Å²) in [5.41, 5.74) is 0. The third kappa shape index (κ3) is 3.55. The molecular formula is C9H12Br2N2O. The largest absolute Gasteiger partial charge is 0.396 e. The van der Waals surface area contributed by atoms with E-state index in [2.05, 4.69) is 42.2 Å². The minimum Gasteiger partial charge on any atom is -0.396 e. The molecule has 0 amide bonds. The van der Waals surface area contributed by atoms with E-state index in [9.17, 15) is 0 Å². The van der Waals surface area contributed by atoms with Gasteiger partial charge in [-0.15, -0.1) is 0 Å². The first-order valence-corrected chi connectivity index (χ1v) is 5.88. The lowest BCUT2D eigenvalue weighted by molar-refractivity contribution is 0.244. The van der Waals surface area contributed by atoms with E-state index < -0.39 is 0 Å². The van der Waals surface area contributed by atoms with Gasteiger partial charge in [0, 0.05) is 23.8 Å². The summed E-state index contributed by atoms with van der Waals surface area (Å²) in [6.45, 7) is 2.87. The lowest BCUT2D eigenvalue weighted by Gasteiger charge is -2.11. The second-order valence-electron chi connectivity index (χ2n) is 3.15. The molecule has 0 spiro atoms. The predicted molar refractivity (Wildman–Crippen MR) is 64.4 cm³/mol. The molecule has 1 unspecified atom stereocenters. The Balaban J connectivity index is 2.59. The van der Waals surface area contributed by atoms with Crippen molar-refractivity contribution in [1.82, 2.24) is 4.98 Å². The van der Waals surface area contributed by atoms with E-state index in [1.165, 1.54) is 0 Å². The first kappa shape index (κ1) is 11.9. The Morgan fingerprint density at radius 1 is 1.57 bits per heavy atom. The molecule has 1 atom stereocenters. The van der Waals surface area contributed by atoms with Crippen LogP contribution >= 0.6 is 31.9 Å². The summed E-state index contributed by atoms with van der Waals surface area (Å²) in [5, 5.41) is 12.0. The molecule has 3 nitrogen and oxygen atoms in total. The Hall–Kier alpha value is -0.130. The van der Waals surface area contributed by atoms with Crippen LogP contribution in [-0.2, 0) is 0 Å². The van der Waals surface area contributed by atoms with Gasteiger partial charge in [0.05, 0.1) is 4.47 Å². The van der Waals surface area contributed by atoms with E-state index >= 15 is 0 Å². The number of anilines is 1. The molecule has 0 aliphatic carbocycles. The number of aliphatic hydroxyl groups is 1. The highest BCUT2D eigenvalue weighted by Gasteiger charge is 2.04. The summed E-state index contributed by atoms with van der Waals surface area (Å²) in [6, 6.07) is 1.93. The first-order chi connectivity index (χ1) is 6.63. The van der Waals surface area contributed by atoms with Crippen LogP contribution in [0.3, 0.4) is 0 Å². The van der Waals surface area contributed by atoms with Gasteiger partial charge in [0.15, 0.2) is 0 Å². The lowest BCUT2D eigenvalue weighted by atomic mass is 10.2. The third-order valence-electron chi connectivity index (χ3n) is 1.74. The molecule has 0 aliphatic heterocycles.